The van der Waals surface area contributed by atoms with Crippen LogP contribution in [0.15, 0.2) is 104 Å². The molecule has 7 aromatic rings. The summed E-state index contributed by atoms with van der Waals surface area (Å²) >= 11 is 0. The van der Waals surface area contributed by atoms with Gasteiger partial charge in [-0.1, -0.05) is 12.1 Å². The summed E-state index contributed by atoms with van der Waals surface area (Å²) < 4.78 is 39.5. The molecular weight excluding hydrogens is 812 g/mol. The number of anilines is 5. The molecule has 2 aliphatic heterocycles. The van der Waals surface area contributed by atoms with Crippen LogP contribution >= 0.6 is 0 Å². The predicted molar refractivity (Wildman–Crippen MR) is 246 cm³/mol. The molecule has 0 amide bonds. The van der Waals surface area contributed by atoms with Crippen LogP contribution in [0.5, 0.6) is 11.5 Å². The van der Waals surface area contributed by atoms with Gasteiger partial charge < -0.3 is 39.8 Å². The maximum Gasteiger partial charge on any atom is 0.138 e. The summed E-state index contributed by atoms with van der Waals surface area (Å²) in [6.45, 7) is 7.41. The Morgan fingerprint density at radius 1 is 0.828 bits per heavy atom. The number of nitrogens with zero attached hydrogens (tertiary/aromatic N) is 8. The van der Waals surface area contributed by atoms with Crippen molar-refractivity contribution in [2.24, 2.45) is 11.8 Å². The highest BCUT2D eigenvalue weighted by atomic mass is 19.1. The fourth-order valence-corrected chi connectivity index (χ4v) is 8.88. The number of rotatable bonds is 13. The lowest BCUT2D eigenvalue weighted by molar-refractivity contribution is 0.0219. The second kappa shape index (κ2) is 18.0. The number of halogens is 1. The molecule has 3 atom stereocenters. The van der Waals surface area contributed by atoms with Crippen LogP contribution < -0.4 is 30.3 Å². The number of nitrogens with two attached hydrogens (primary N) is 1. The second-order valence-corrected chi connectivity index (χ2v) is 16.4. The van der Waals surface area contributed by atoms with Gasteiger partial charge in [0.15, 0.2) is 0 Å². The molecule has 8 heterocycles. The third-order valence-corrected chi connectivity index (χ3v) is 12.4. The highest BCUT2D eigenvalue weighted by molar-refractivity contribution is 5.99. The number of ether oxygens (including phenoxy) is 4. The van der Waals surface area contributed by atoms with E-state index in [4.69, 9.17) is 34.6 Å². The third kappa shape index (κ3) is 8.56. The lowest BCUT2D eigenvalue weighted by Crippen LogP contribution is -2.44. The van der Waals surface area contributed by atoms with E-state index in [1.54, 1.807) is 44.2 Å². The number of nitrogens with one attached hydrogen (secondary N) is 1. The first-order valence-electron chi connectivity index (χ1n) is 21.7. The van der Waals surface area contributed by atoms with Crippen LogP contribution in [0.4, 0.5) is 33.1 Å². The van der Waals surface area contributed by atoms with Gasteiger partial charge in [0.05, 0.1) is 85.7 Å². The highest BCUT2D eigenvalue weighted by Gasteiger charge is 2.45. The number of aromatic nitrogens is 6. The summed E-state index contributed by atoms with van der Waals surface area (Å²) in [5.41, 5.74) is 14.4. The van der Waals surface area contributed by atoms with Crippen molar-refractivity contribution in [3.05, 3.63) is 115 Å². The molecule has 3 aliphatic rings. The van der Waals surface area contributed by atoms with Crippen LogP contribution in [0.1, 0.15) is 18.4 Å². The minimum absolute atomic E-state index is 0.0431. The van der Waals surface area contributed by atoms with Crippen molar-refractivity contribution >= 4 is 39.6 Å². The Balaban J connectivity index is 0.848. The van der Waals surface area contributed by atoms with Crippen molar-refractivity contribution in [2.75, 3.05) is 80.6 Å². The lowest BCUT2D eigenvalue weighted by Gasteiger charge is -2.34. The van der Waals surface area contributed by atoms with Crippen LogP contribution in [0.3, 0.4) is 0 Å². The molecular formula is C49H49FN10O4. The van der Waals surface area contributed by atoms with Gasteiger partial charge in [0.1, 0.15) is 29.0 Å². The van der Waals surface area contributed by atoms with Gasteiger partial charge in [-0.2, -0.15) is 0 Å². The molecule has 3 fully saturated rings. The molecule has 0 spiro atoms. The van der Waals surface area contributed by atoms with E-state index in [1.165, 1.54) is 6.07 Å². The number of morpholine rings is 2. The minimum atomic E-state index is -0.374. The number of benzene rings is 1. The molecule has 14 nitrogen and oxygen atoms in total. The molecule has 64 heavy (non-hydrogen) atoms. The van der Waals surface area contributed by atoms with Crippen LogP contribution in [0.2, 0.25) is 0 Å². The second-order valence-electron chi connectivity index (χ2n) is 16.4. The smallest absolute Gasteiger partial charge is 0.138 e. The van der Waals surface area contributed by atoms with E-state index in [0.717, 1.165) is 71.1 Å². The Morgan fingerprint density at radius 2 is 1.59 bits per heavy atom. The SMILES string of the molecule is COc1cncc(-c2cnc(N3CCOC([C@H]4CC4CCOc4cncc(-c5cnc(N6CCOCC6)cc5N)c4)C3)cc2Nc2c(C)c(-c3ccccn3)nc3cccc(F)c23)c1. The summed E-state index contributed by atoms with van der Waals surface area (Å²) in [4.78, 5) is 32.5. The molecule has 2 saturated heterocycles. The first-order valence-corrected chi connectivity index (χ1v) is 21.7. The maximum absolute atomic E-state index is 15.9. The Bertz CT molecular complexity index is 2790. The quantitative estimate of drug-likeness (QED) is 0.114. The number of methoxy groups -OCH3 is 1. The average molecular weight is 861 g/mol. The van der Waals surface area contributed by atoms with Gasteiger partial charge in [-0.3, -0.25) is 15.0 Å². The van der Waals surface area contributed by atoms with Crippen molar-refractivity contribution in [3.63, 3.8) is 0 Å². The van der Waals surface area contributed by atoms with Crippen molar-refractivity contribution in [1.29, 1.82) is 0 Å². The lowest BCUT2D eigenvalue weighted by atomic mass is 10.0. The van der Waals surface area contributed by atoms with Crippen molar-refractivity contribution < 1.29 is 23.3 Å². The summed E-state index contributed by atoms with van der Waals surface area (Å²) in [6, 6.07) is 18.5. The molecule has 2 unspecified atom stereocenters. The van der Waals surface area contributed by atoms with E-state index in [0.29, 0.717) is 96.5 Å². The molecule has 6 aromatic heterocycles. The predicted octanol–water partition coefficient (Wildman–Crippen LogP) is 8.14. The van der Waals surface area contributed by atoms with Gasteiger partial charge in [0.2, 0.25) is 0 Å². The number of hydrogen-bond acceptors (Lipinski definition) is 14. The zero-order valence-corrected chi connectivity index (χ0v) is 35.8. The molecule has 0 bridgehead atoms. The van der Waals surface area contributed by atoms with E-state index < -0.39 is 0 Å². The van der Waals surface area contributed by atoms with Crippen molar-refractivity contribution in [3.8, 4) is 45.1 Å². The van der Waals surface area contributed by atoms with Crippen LogP contribution in [-0.4, -0.2) is 95.7 Å². The van der Waals surface area contributed by atoms with Gasteiger partial charge in [-0.15, -0.1) is 0 Å². The standard InChI is InChI=1S/C49H49FN10O4/c1-30-48(42-7-3-4-10-54-42)57-41-8-5-6-39(50)47(41)49(30)58-43-22-46(56-28-38(43)33-18-34(61-2)25-52-24-33)60-13-17-64-44(29-60)36-20-31(36)9-14-63-35-19-32(23-53-26-35)37-27-55-45(21-40(37)51)59-11-15-62-16-12-59/h3-8,10,18-19,21-28,31,36,44H,9,11-17,20,29H2,1-2H3,(H2,51,55)(H,56,57,58)/t31?,36-,44?/m0/s1. The Morgan fingerprint density at radius 3 is 2.39 bits per heavy atom. The molecule has 1 saturated carbocycles. The molecule has 326 valence electrons. The van der Waals surface area contributed by atoms with Crippen LogP contribution in [0.25, 0.3) is 44.5 Å². The molecule has 1 aromatic carbocycles. The minimum Gasteiger partial charge on any atom is -0.495 e. The fourth-order valence-electron chi connectivity index (χ4n) is 8.88. The van der Waals surface area contributed by atoms with Gasteiger partial charge in [-0.25, -0.2) is 19.3 Å². The maximum atomic E-state index is 15.9. The average Bonchev–Trinajstić information content (AvgIpc) is 4.12. The first-order chi connectivity index (χ1) is 31.4. The third-order valence-electron chi connectivity index (χ3n) is 12.4. The Labute approximate surface area is 370 Å². The van der Waals surface area contributed by atoms with E-state index in [2.05, 4.69) is 35.1 Å². The summed E-state index contributed by atoms with van der Waals surface area (Å²) in [5.74, 6) is 3.46. The van der Waals surface area contributed by atoms with Gasteiger partial charge in [0, 0.05) is 103 Å². The van der Waals surface area contributed by atoms with Crippen LogP contribution in [-0.2, 0) is 9.47 Å². The van der Waals surface area contributed by atoms with E-state index in [-0.39, 0.29) is 11.9 Å². The van der Waals surface area contributed by atoms with E-state index >= 15 is 4.39 Å². The molecule has 10 rings (SSSR count). The van der Waals surface area contributed by atoms with Gasteiger partial charge in [0.25, 0.3) is 0 Å². The molecule has 0 radical (unpaired) electrons. The molecule has 15 heteroatoms. The highest BCUT2D eigenvalue weighted by Crippen LogP contribution is 2.46. The summed E-state index contributed by atoms with van der Waals surface area (Å²) in [7, 11) is 1.61. The normalized spacial score (nSPS) is 18.5. The topological polar surface area (TPSA) is 159 Å². The monoisotopic (exact) mass is 860 g/mol. The number of pyridine rings is 6. The van der Waals surface area contributed by atoms with Crippen molar-refractivity contribution in [2.45, 2.75) is 25.9 Å². The zero-order chi connectivity index (χ0) is 43.6. The zero-order valence-electron chi connectivity index (χ0n) is 35.8. The van der Waals surface area contributed by atoms with Gasteiger partial charge >= 0.3 is 0 Å². The summed E-state index contributed by atoms with van der Waals surface area (Å²) in [6.07, 6.45) is 14.4. The van der Waals surface area contributed by atoms with Gasteiger partial charge in [-0.05, 0) is 68.0 Å². The van der Waals surface area contributed by atoms with Crippen LogP contribution in [0, 0.1) is 24.6 Å². The fraction of sp³-hybridized carbons (Fsp3) is 0.306. The molecule has 1 aliphatic carbocycles. The number of nitrogen functional groups attached to an aromatic ring is 1. The molecule has 3 N–H and O–H groups in total. The van der Waals surface area contributed by atoms with Crippen molar-refractivity contribution in [1.82, 2.24) is 29.9 Å². The largest absolute Gasteiger partial charge is 0.495 e. The van der Waals surface area contributed by atoms with E-state index in [9.17, 15) is 0 Å². The first kappa shape index (κ1) is 41.1. The number of hydrogen-bond donors (Lipinski definition) is 2. The Hall–Kier alpha value is -6.97. The van der Waals surface area contributed by atoms with E-state index in [1.807, 2.05) is 67.8 Å². The number of fused-ring (bicyclic) bond motifs is 1. The Kier molecular flexibility index (Phi) is 11.6. The summed E-state index contributed by atoms with van der Waals surface area (Å²) in [5, 5.41) is 4.05.